The van der Waals surface area contributed by atoms with E-state index in [9.17, 15) is 4.79 Å². The minimum atomic E-state index is -0.0666. The fourth-order valence-electron chi connectivity index (χ4n) is 2.29. The lowest BCUT2D eigenvalue weighted by molar-refractivity contribution is 0.0985. The van der Waals surface area contributed by atoms with Gasteiger partial charge in [-0.1, -0.05) is 12.1 Å². The largest absolute Gasteiger partial charge is 0.328 e. The Morgan fingerprint density at radius 1 is 1.25 bits per heavy atom. The highest BCUT2D eigenvalue weighted by atomic mass is 16.1. The summed E-state index contributed by atoms with van der Waals surface area (Å²) in [6.07, 6.45) is 4.80. The van der Waals surface area contributed by atoms with Gasteiger partial charge in [0.15, 0.2) is 5.78 Å². The smallest absolute Gasteiger partial charge is 0.190 e. The number of hydrogen-bond donors (Lipinski definition) is 0. The topological polar surface area (TPSA) is 60.7 Å². The number of imidazole rings is 1. The molecule has 0 saturated carbocycles. The number of nitrogens with zero attached hydrogens (tertiary/aromatic N) is 4. The minimum Gasteiger partial charge on any atom is -0.328 e. The van der Waals surface area contributed by atoms with Gasteiger partial charge in [0.2, 0.25) is 0 Å². The lowest BCUT2D eigenvalue weighted by Gasteiger charge is -2.05. The van der Waals surface area contributed by atoms with Crippen LogP contribution in [-0.4, -0.2) is 25.3 Å². The number of fused-ring (bicyclic) bond motifs is 1. The van der Waals surface area contributed by atoms with Gasteiger partial charge in [-0.2, -0.15) is 0 Å². The predicted molar refractivity (Wildman–Crippen MR) is 75.5 cm³/mol. The van der Waals surface area contributed by atoms with Gasteiger partial charge in [0, 0.05) is 18.9 Å². The van der Waals surface area contributed by atoms with E-state index in [1.54, 1.807) is 6.20 Å². The first kappa shape index (κ1) is 12.5. The first-order chi connectivity index (χ1) is 9.79. The van der Waals surface area contributed by atoms with Gasteiger partial charge in [-0.15, -0.1) is 0 Å². The molecule has 0 unspecified atom stereocenters. The molecular formula is C15H14N4O. The fraction of sp³-hybridized carbons (Fsp3) is 0.200. The van der Waals surface area contributed by atoms with Crippen LogP contribution in [0.4, 0.5) is 0 Å². The quantitative estimate of drug-likeness (QED) is 0.680. The summed E-state index contributed by atoms with van der Waals surface area (Å²) in [7, 11) is 0. The molecule has 0 saturated heterocycles. The number of carbonyl (C=O) groups is 1. The van der Waals surface area contributed by atoms with E-state index in [-0.39, 0.29) is 12.2 Å². The maximum Gasteiger partial charge on any atom is 0.190 e. The predicted octanol–water partition coefficient (Wildman–Crippen LogP) is 2.27. The Morgan fingerprint density at radius 2 is 2.10 bits per heavy atom. The highest BCUT2D eigenvalue weighted by Crippen LogP contribution is 2.17. The molecule has 0 aliphatic carbocycles. The molecule has 0 bridgehead atoms. The third kappa shape index (κ3) is 2.18. The van der Waals surface area contributed by atoms with E-state index in [0.29, 0.717) is 5.69 Å². The van der Waals surface area contributed by atoms with Crippen LogP contribution in [0.25, 0.3) is 11.0 Å². The zero-order chi connectivity index (χ0) is 13.9. The van der Waals surface area contributed by atoms with Crippen molar-refractivity contribution in [2.45, 2.75) is 19.9 Å². The van der Waals surface area contributed by atoms with Gasteiger partial charge in [0.05, 0.1) is 23.7 Å². The van der Waals surface area contributed by atoms with Crippen molar-refractivity contribution in [2.24, 2.45) is 0 Å². The molecule has 0 aliphatic heterocycles. The van der Waals surface area contributed by atoms with Crippen molar-refractivity contribution in [1.82, 2.24) is 19.5 Å². The number of carbonyl (C=O) groups excluding carboxylic acids is 1. The molecule has 0 N–H and O–H groups in total. The van der Waals surface area contributed by atoms with Crippen molar-refractivity contribution in [3.8, 4) is 0 Å². The molecule has 0 atom stereocenters. The van der Waals surface area contributed by atoms with Crippen molar-refractivity contribution in [3.05, 3.63) is 54.4 Å². The monoisotopic (exact) mass is 266 g/mol. The Labute approximate surface area is 116 Å². The normalized spacial score (nSPS) is 10.8. The van der Waals surface area contributed by atoms with Crippen LogP contribution >= 0.6 is 0 Å². The lowest BCUT2D eigenvalue weighted by Crippen LogP contribution is -2.11. The Balaban J connectivity index is 1.97. The van der Waals surface area contributed by atoms with Crippen molar-refractivity contribution < 1.29 is 4.79 Å². The summed E-state index contributed by atoms with van der Waals surface area (Å²) in [6, 6.07) is 7.90. The molecular weight excluding hydrogens is 252 g/mol. The molecule has 2 aromatic heterocycles. The highest BCUT2D eigenvalue weighted by Gasteiger charge is 2.15. The highest BCUT2D eigenvalue weighted by molar-refractivity contribution is 5.95. The van der Waals surface area contributed by atoms with Gasteiger partial charge in [-0.3, -0.25) is 9.78 Å². The van der Waals surface area contributed by atoms with Gasteiger partial charge < -0.3 is 4.57 Å². The number of aromatic nitrogens is 4. The van der Waals surface area contributed by atoms with Crippen LogP contribution in [0.1, 0.15) is 23.2 Å². The average molecular weight is 266 g/mol. The number of para-hydroxylation sites is 2. The van der Waals surface area contributed by atoms with E-state index in [1.165, 1.54) is 12.4 Å². The summed E-state index contributed by atoms with van der Waals surface area (Å²) < 4.78 is 2.06. The number of rotatable bonds is 4. The van der Waals surface area contributed by atoms with Crippen molar-refractivity contribution >= 4 is 16.8 Å². The van der Waals surface area contributed by atoms with E-state index in [4.69, 9.17) is 0 Å². The second kappa shape index (κ2) is 5.21. The molecule has 0 aliphatic rings. The summed E-state index contributed by atoms with van der Waals surface area (Å²) in [6.45, 7) is 2.83. The van der Waals surface area contributed by atoms with Crippen LogP contribution in [0.3, 0.4) is 0 Å². The van der Waals surface area contributed by atoms with Crippen LogP contribution < -0.4 is 0 Å². The van der Waals surface area contributed by atoms with E-state index in [1.807, 2.05) is 31.2 Å². The summed E-state index contributed by atoms with van der Waals surface area (Å²) in [5, 5.41) is 0. The molecule has 3 aromatic rings. The van der Waals surface area contributed by atoms with Crippen LogP contribution in [0.15, 0.2) is 42.9 Å². The Hall–Kier alpha value is -2.56. The molecule has 0 spiro atoms. The summed E-state index contributed by atoms with van der Waals surface area (Å²) in [4.78, 5) is 24.7. The van der Waals surface area contributed by atoms with E-state index >= 15 is 0 Å². The van der Waals surface area contributed by atoms with Crippen LogP contribution in [0.5, 0.6) is 0 Å². The maximum atomic E-state index is 12.2. The molecule has 0 fully saturated rings. The molecule has 100 valence electrons. The first-order valence-electron chi connectivity index (χ1n) is 6.53. The van der Waals surface area contributed by atoms with Gasteiger partial charge in [0.1, 0.15) is 11.5 Å². The second-order valence-corrected chi connectivity index (χ2v) is 4.45. The van der Waals surface area contributed by atoms with E-state index in [2.05, 4.69) is 19.5 Å². The van der Waals surface area contributed by atoms with E-state index in [0.717, 1.165) is 23.4 Å². The van der Waals surface area contributed by atoms with Gasteiger partial charge in [-0.25, -0.2) is 9.97 Å². The van der Waals surface area contributed by atoms with E-state index < -0.39 is 0 Å². The molecule has 3 rings (SSSR count). The van der Waals surface area contributed by atoms with Crippen LogP contribution in [-0.2, 0) is 13.0 Å². The summed E-state index contributed by atoms with van der Waals surface area (Å²) >= 11 is 0. The number of benzene rings is 1. The van der Waals surface area contributed by atoms with Crippen molar-refractivity contribution in [3.63, 3.8) is 0 Å². The third-order valence-corrected chi connectivity index (χ3v) is 3.22. The summed E-state index contributed by atoms with van der Waals surface area (Å²) in [5.74, 6) is 0.701. The molecule has 2 heterocycles. The molecule has 5 heteroatoms. The second-order valence-electron chi connectivity index (χ2n) is 4.45. The van der Waals surface area contributed by atoms with Gasteiger partial charge in [-0.05, 0) is 19.1 Å². The Morgan fingerprint density at radius 3 is 2.85 bits per heavy atom. The summed E-state index contributed by atoms with van der Waals surface area (Å²) in [5.41, 5.74) is 2.34. The van der Waals surface area contributed by atoms with Crippen LogP contribution in [0.2, 0.25) is 0 Å². The average Bonchev–Trinajstić information content (AvgIpc) is 2.85. The molecule has 20 heavy (non-hydrogen) atoms. The Bertz CT molecular complexity index is 749. The number of Topliss-reactive ketones (excluding diaryl/α,β-unsaturated/α-hetero) is 1. The standard InChI is InChI=1S/C15H14N4O/c1-2-19-13-6-4-3-5-11(13)18-15(19)9-14(20)12-10-16-7-8-17-12/h3-8,10H,2,9H2,1H3. The maximum absolute atomic E-state index is 12.2. The third-order valence-electron chi connectivity index (χ3n) is 3.22. The van der Waals surface area contributed by atoms with Crippen molar-refractivity contribution in [2.75, 3.05) is 0 Å². The molecule has 5 nitrogen and oxygen atoms in total. The molecule has 0 radical (unpaired) electrons. The molecule has 1 aromatic carbocycles. The van der Waals surface area contributed by atoms with Crippen molar-refractivity contribution in [1.29, 1.82) is 0 Å². The first-order valence-corrected chi connectivity index (χ1v) is 6.53. The molecule has 0 amide bonds. The zero-order valence-corrected chi connectivity index (χ0v) is 11.2. The van der Waals surface area contributed by atoms with Gasteiger partial charge >= 0.3 is 0 Å². The Kier molecular flexibility index (Phi) is 3.25. The number of ketones is 1. The number of hydrogen-bond acceptors (Lipinski definition) is 4. The van der Waals surface area contributed by atoms with Gasteiger partial charge in [0.25, 0.3) is 0 Å². The zero-order valence-electron chi connectivity index (χ0n) is 11.2. The minimum absolute atomic E-state index is 0.0666. The van der Waals surface area contributed by atoms with Crippen LogP contribution in [0, 0.1) is 0 Å². The fourth-order valence-corrected chi connectivity index (χ4v) is 2.29. The lowest BCUT2D eigenvalue weighted by atomic mass is 10.2. The SMILES string of the molecule is CCn1c(CC(=O)c2cnccn2)nc2ccccc21. The number of aryl methyl sites for hydroxylation is 1.